The summed E-state index contributed by atoms with van der Waals surface area (Å²) in [5.41, 5.74) is 0. The molecule has 0 aliphatic heterocycles. The van der Waals surface area contributed by atoms with Gasteiger partial charge >= 0.3 is 0 Å². The number of phenolic OH excluding ortho intramolecular Hbond substituents is 1. The Morgan fingerprint density at radius 1 is 1.00 bits per heavy atom. The molecule has 10 heavy (non-hydrogen) atoms. The van der Waals surface area contributed by atoms with Crippen molar-refractivity contribution in [3.05, 3.63) is 28.2 Å². The lowest BCUT2D eigenvalue weighted by molar-refractivity contribution is 0.475. The van der Waals surface area contributed by atoms with Crippen molar-refractivity contribution in [1.29, 1.82) is 0 Å². The highest BCUT2D eigenvalue weighted by Crippen LogP contribution is 2.22. The molecule has 0 bridgehead atoms. The van der Waals surface area contributed by atoms with Crippen LogP contribution in [0.25, 0.3) is 0 Å². The minimum atomic E-state index is 0. The molecule has 2 nitrogen and oxygen atoms in total. The summed E-state index contributed by atoms with van der Waals surface area (Å²) in [4.78, 5) is 0. The summed E-state index contributed by atoms with van der Waals surface area (Å²) in [5.74, 6) is 0.0903. The summed E-state index contributed by atoms with van der Waals surface area (Å²) in [7, 11) is 0. The molecule has 0 aliphatic carbocycles. The van der Waals surface area contributed by atoms with Crippen LogP contribution in [0, 0.1) is 0 Å². The Hall–Kier alpha value is -0.440. The highest BCUT2D eigenvalue weighted by molar-refractivity contribution is 6.34. The zero-order valence-corrected chi connectivity index (χ0v) is 6.36. The van der Waals surface area contributed by atoms with Crippen molar-refractivity contribution in [1.82, 2.24) is 0 Å². The van der Waals surface area contributed by atoms with Crippen molar-refractivity contribution in [3.8, 4) is 5.75 Å². The molecule has 0 saturated carbocycles. The van der Waals surface area contributed by atoms with Crippen molar-refractivity contribution in [2.75, 3.05) is 0 Å². The molecule has 0 heterocycles. The quantitative estimate of drug-likeness (QED) is 0.653. The molecule has 1 aromatic carbocycles. The van der Waals surface area contributed by atoms with Gasteiger partial charge in [0, 0.05) is 15.5 Å². The standard InChI is InChI=1S/C6H4Cl2O.O/c7-4-1-5(8)3-6(9)2-4;/h1-3,9H;. The monoisotopic (exact) mass is 178 g/mol. The molecule has 0 aromatic heterocycles. The highest BCUT2D eigenvalue weighted by atomic mass is 35.5. The van der Waals surface area contributed by atoms with Gasteiger partial charge in [-0.2, -0.15) is 0 Å². The van der Waals surface area contributed by atoms with Crippen molar-refractivity contribution >= 4 is 23.2 Å². The van der Waals surface area contributed by atoms with E-state index in [1.165, 1.54) is 12.1 Å². The molecule has 0 fully saturated rings. The molecular formula is C6H4Cl2O2. The van der Waals surface area contributed by atoms with E-state index in [0.29, 0.717) is 10.0 Å². The number of rotatable bonds is 0. The SMILES string of the molecule is Oc1cc(Cl)cc(Cl)c1.[O]. The fraction of sp³-hybridized carbons (Fsp3) is 0. The third-order valence-electron chi connectivity index (χ3n) is 0.847. The Morgan fingerprint density at radius 3 is 1.70 bits per heavy atom. The molecular weight excluding hydrogens is 175 g/mol. The summed E-state index contributed by atoms with van der Waals surface area (Å²) >= 11 is 11.0. The van der Waals surface area contributed by atoms with Crippen LogP contribution in [0.5, 0.6) is 5.75 Å². The lowest BCUT2D eigenvalue weighted by Crippen LogP contribution is -1.65. The fourth-order valence-corrected chi connectivity index (χ4v) is 1.05. The van der Waals surface area contributed by atoms with Crippen molar-refractivity contribution in [3.63, 3.8) is 0 Å². The summed E-state index contributed by atoms with van der Waals surface area (Å²) in [5, 5.41) is 9.71. The van der Waals surface area contributed by atoms with Crippen LogP contribution in [0.2, 0.25) is 10.0 Å². The normalized spacial score (nSPS) is 8.60. The van der Waals surface area contributed by atoms with E-state index in [9.17, 15) is 0 Å². The molecule has 1 rings (SSSR count). The van der Waals surface area contributed by atoms with Crippen molar-refractivity contribution in [2.24, 2.45) is 0 Å². The number of halogens is 2. The molecule has 0 aliphatic rings. The average molecular weight is 179 g/mol. The van der Waals surface area contributed by atoms with Gasteiger partial charge in [0.15, 0.2) is 0 Å². The number of hydrogen-bond donors (Lipinski definition) is 1. The first-order chi connectivity index (χ1) is 4.18. The molecule has 54 valence electrons. The Morgan fingerprint density at radius 2 is 1.40 bits per heavy atom. The molecule has 0 spiro atoms. The minimum Gasteiger partial charge on any atom is -0.508 e. The summed E-state index contributed by atoms with van der Waals surface area (Å²) in [6, 6.07) is 4.41. The maximum Gasteiger partial charge on any atom is 0.118 e. The smallest absolute Gasteiger partial charge is 0.118 e. The van der Waals surface area contributed by atoms with Gasteiger partial charge in [-0.3, -0.25) is 0 Å². The van der Waals surface area contributed by atoms with E-state index in [-0.39, 0.29) is 11.2 Å². The second-order valence-corrected chi connectivity index (χ2v) is 2.50. The fourth-order valence-electron chi connectivity index (χ4n) is 0.539. The summed E-state index contributed by atoms with van der Waals surface area (Å²) in [6.07, 6.45) is 0. The van der Waals surface area contributed by atoms with E-state index in [2.05, 4.69) is 0 Å². The van der Waals surface area contributed by atoms with Crippen LogP contribution >= 0.6 is 23.2 Å². The molecule has 0 amide bonds. The summed E-state index contributed by atoms with van der Waals surface area (Å²) < 4.78 is 0. The number of aromatic hydroxyl groups is 1. The zero-order chi connectivity index (χ0) is 6.85. The van der Waals surface area contributed by atoms with Crippen LogP contribution in [0.4, 0.5) is 0 Å². The van der Waals surface area contributed by atoms with Gasteiger partial charge in [0.1, 0.15) is 5.75 Å². The van der Waals surface area contributed by atoms with E-state index in [1.54, 1.807) is 6.07 Å². The van der Waals surface area contributed by atoms with Crippen LogP contribution in [0.1, 0.15) is 0 Å². The molecule has 2 radical (unpaired) electrons. The Labute approximate surface area is 68.3 Å². The summed E-state index contributed by atoms with van der Waals surface area (Å²) in [6.45, 7) is 0. The van der Waals surface area contributed by atoms with E-state index < -0.39 is 0 Å². The van der Waals surface area contributed by atoms with E-state index in [4.69, 9.17) is 28.3 Å². The van der Waals surface area contributed by atoms with Crippen molar-refractivity contribution < 1.29 is 10.6 Å². The van der Waals surface area contributed by atoms with Gasteiger partial charge in [-0.25, -0.2) is 0 Å². The Kier molecular flexibility index (Phi) is 3.50. The van der Waals surface area contributed by atoms with Gasteiger partial charge in [0.2, 0.25) is 0 Å². The molecule has 4 heteroatoms. The Balaban J connectivity index is 0.000000810. The van der Waals surface area contributed by atoms with Crippen molar-refractivity contribution in [2.45, 2.75) is 0 Å². The van der Waals surface area contributed by atoms with Crippen LogP contribution in [-0.4, -0.2) is 5.11 Å². The maximum atomic E-state index is 8.82. The molecule has 0 unspecified atom stereocenters. The highest BCUT2D eigenvalue weighted by Gasteiger charge is 1.93. The first-order valence-corrected chi connectivity index (χ1v) is 3.09. The van der Waals surface area contributed by atoms with Crippen LogP contribution < -0.4 is 0 Å². The molecule has 1 aromatic rings. The van der Waals surface area contributed by atoms with E-state index in [0.717, 1.165) is 0 Å². The number of hydrogen-bond acceptors (Lipinski definition) is 1. The van der Waals surface area contributed by atoms with Gasteiger partial charge in [-0.15, -0.1) is 0 Å². The second kappa shape index (κ2) is 3.66. The van der Waals surface area contributed by atoms with Gasteiger partial charge < -0.3 is 5.11 Å². The lowest BCUT2D eigenvalue weighted by atomic mass is 10.3. The molecule has 0 saturated heterocycles. The minimum absolute atomic E-state index is 0. The lowest BCUT2D eigenvalue weighted by Gasteiger charge is -1.92. The zero-order valence-electron chi connectivity index (χ0n) is 4.84. The van der Waals surface area contributed by atoms with Crippen LogP contribution in [-0.2, 0) is 5.48 Å². The third kappa shape index (κ3) is 2.43. The van der Waals surface area contributed by atoms with Gasteiger partial charge in [-0.05, 0) is 18.2 Å². The topological polar surface area (TPSA) is 48.7 Å². The van der Waals surface area contributed by atoms with Gasteiger partial charge in [-0.1, -0.05) is 23.2 Å². The first kappa shape index (κ1) is 9.56. The van der Waals surface area contributed by atoms with E-state index >= 15 is 0 Å². The van der Waals surface area contributed by atoms with Crippen LogP contribution in [0.15, 0.2) is 18.2 Å². The third-order valence-corrected chi connectivity index (χ3v) is 1.28. The predicted molar refractivity (Wildman–Crippen MR) is 38.8 cm³/mol. The molecule has 1 N–H and O–H groups in total. The first-order valence-electron chi connectivity index (χ1n) is 2.33. The number of phenols is 1. The van der Waals surface area contributed by atoms with Crippen LogP contribution in [0.3, 0.4) is 0 Å². The number of benzene rings is 1. The average Bonchev–Trinajstić information content (AvgIpc) is 1.59. The molecule has 0 atom stereocenters. The largest absolute Gasteiger partial charge is 0.508 e. The van der Waals surface area contributed by atoms with Gasteiger partial charge in [0.05, 0.1) is 0 Å². The second-order valence-electron chi connectivity index (χ2n) is 1.63. The Bertz CT molecular complexity index is 175. The van der Waals surface area contributed by atoms with Gasteiger partial charge in [0.25, 0.3) is 0 Å². The van der Waals surface area contributed by atoms with E-state index in [1.807, 2.05) is 0 Å². The predicted octanol–water partition coefficient (Wildman–Crippen LogP) is 2.58. The maximum absolute atomic E-state index is 8.82.